The Morgan fingerprint density at radius 1 is 1.39 bits per heavy atom. The van der Waals surface area contributed by atoms with Crippen LogP contribution in [-0.4, -0.2) is 25.3 Å². The van der Waals surface area contributed by atoms with Crippen molar-refractivity contribution < 1.29 is 13.2 Å². The number of methoxy groups -OCH3 is 1. The first-order valence-corrected chi connectivity index (χ1v) is 7.40. The summed E-state index contributed by atoms with van der Waals surface area (Å²) in [6.07, 6.45) is 2.60. The summed E-state index contributed by atoms with van der Waals surface area (Å²) in [4.78, 5) is -0.0148. The van der Waals surface area contributed by atoms with Crippen molar-refractivity contribution in [1.82, 2.24) is 9.78 Å². The predicted octanol–water partition coefficient (Wildman–Crippen LogP) is 1.87. The zero-order chi connectivity index (χ0) is 13.2. The number of nitrogens with zero attached hydrogens (tertiary/aromatic N) is 2. The molecule has 0 bridgehead atoms. The molecule has 0 fully saturated rings. The SMILES string of the molecule is COc1ccccc1Cn1cc(S(=O)(=O)Cl)cn1. The standard InChI is InChI=1S/C11H11ClN2O3S/c1-17-11-5-3-2-4-9(11)7-14-8-10(6-13-14)18(12,15)16/h2-6,8H,7H2,1H3. The molecule has 0 radical (unpaired) electrons. The molecular formula is C11H11ClN2O3S. The highest BCUT2D eigenvalue weighted by Crippen LogP contribution is 2.19. The van der Waals surface area contributed by atoms with Crippen molar-refractivity contribution in [3.05, 3.63) is 42.2 Å². The molecule has 0 amide bonds. The van der Waals surface area contributed by atoms with Gasteiger partial charge >= 0.3 is 0 Å². The van der Waals surface area contributed by atoms with Crippen LogP contribution in [0.3, 0.4) is 0 Å². The number of para-hydroxylation sites is 1. The van der Waals surface area contributed by atoms with Crippen LogP contribution in [0.1, 0.15) is 5.56 Å². The molecule has 1 aromatic heterocycles. The van der Waals surface area contributed by atoms with Crippen molar-refractivity contribution in [3.8, 4) is 5.75 Å². The van der Waals surface area contributed by atoms with Crippen LogP contribution < -0.4 is 4.74 Å². The molecular weight excluding hydrogens is 276 g/mol. The summed E-state index contributed by atoms with van der Waals surface area (Å²) in [5.41, 5.74) is 0.904. The molecule has 1 heterocycles. The number of ether oxygens (including phenoxy) is 1. The lowest BCUT2D eigenvalue weighted by Gasteiger charge is -2.07. The summed E-state index contributed by atoms with van der Waals surface area (Å²) in [7, 11) is 3.08. The highest BCUT2D eigenvalue weighted by molar-refractivity contribution is 8.13. The number of aromatic nitrogens is 2. The number of benzene rings is 1. The molecule has 0 saturated heterocycles. The van der Waals surface area contributed by atoms with E-state index in [0.29, 0.717) is 6.54 Å². The second kappa shape index (κ2) is 4.99. The van der Waals surface area contributed by atoms with Crippen LogP contribution in [0, 0.1) is 0 Å². The maximum Gasteiger partial charge on any atom is 0.264 e. The predicted molar refractivity (Wildman–Crippen MR) is 67.4 cm³/mol. The van der Waals surface area contributed by atoms with Gasteiger partial charge < -0.3 is 4.74 Å². The molecule has 1 aromatic carbocycles. The second-order valence-electron chi connectivity index (χ2n) is 3.62. The van der Waals surface area contributed by atoms with Crippen molar-refractivity contribution in [2.24, 2.45) is 0 Å². The van der Waals surface area contributed by atoms with Crippen LogP contribution in [0.2, 0.25) is 0 Å². The first-order chi connectivity index (χ1) is 8.50. The summed E-state index contributed by atoms with van der Waals surface area (Å²) < 4.78 is 28.9. The van der Waals surface area contributed by atoms with E-state index in [2.05, 4.69) is 5.10 Å². The van der Waals surface area contributed by atoms with E-state index in [-0.39, 0.29) is 4.90 Å². The van der Waals surface area contributed by atoms with Crippen molar-refractivity contribution >= 4 is 19.7 Å². The van der Waals surface area contributed by atoms with Crippen LogP contribution in [-0.2, 0) is 15.6 Å². The van der Waals surface area contributed by atoms with E-state index < -0.39 is 9.05 Å². The fourth-order valence-electron chi connectivity index (χ4n) is 1.57. The molecule has 0 unspecified atom stereocenters. The van der Waals surface area contributed by atoms with Gasteiger partial charge in [-0.1, -0.05) is 18.2 Å². The van der Waals surface area contributed by atoms with Crippen LogP contribution >= 0.6 is 10.7 Å². The Balaban J connectivity index is 2.27. The lowest BCUT2D eigenvalue weighted by Crippen LogP contribution is -2.02. The first-order valence-electron chi connectivity index (χ1n) is 5.10. The third-order valence-corrected chi connectivity index (χ3v) is 3.72. The molecule has 0 atom stereocenters. The van der Waals surface area contributed by atoms with Crippen LogP contribution in [0.25, 0.3) is 0 Å². The lowest BCUT2D eigenvalue weighted by atomic mass is 10.2. The quantitative estimate of drug-likeness (QED) is 0.805. The third-order valence-electron chi connectivity index (χ3n) is 2.42. The van der Waals surface area contributed by atoms with Gasteiger partial charge in [0, 0.05) is 22.4 Å². The topological polar surface area (TPSA) is 61.2 Å². The second-order valence-corrected chi connectivity index (χ2v) is 6.19. The fraction of sp³-hybridized carbons (Fsp3) is 0.182. The van der Waals surface area contributed by atoms with Crippen molar-refractivity contribution in [1.29, 1.82) is 0 Å². The molecule has 2 rings (SSSR count). The smallest absolute Gasteiger partial charge is 0.264 e. The molecule has 0 spiro atoms. The van der Waals surface area contributed by atoms with Crippen molar-refractivity contribution in [3.63, 3.8) is 0 Å². The highest BCUT2D eigenvalue weighted by atomic mass is 35.7. The van der Waals surface area contributed by atoms with Gasteiger partial charge in [0.15, 0.2) is 0 Å². The summed E-state index contributed by atoms with van der Waals surface area (Å²) >= 11 is 0. The van der Waals surface area contributed by atoms with Crippen molar-refractivity contribution in [2.75, 3.05) is 7.11 Å². The van der Waals surface area contributed by atoms with E-state index in [9.17, 15) is 8.42 Å². The van der Waals surface area contributed by atoms with Crippen LogP contribution in [0.5, 0.6) is 5.75 Å². The van der Waals surface area contributed by atoms with E-state index >= 15 is 0 Å². The summed E-state index contributed by atoms with van der Waals surface area (Å²) in [6, 6.07) is 7.45. The minimum absolute atomic E-state index is 0.0148. The Morgan fingerprint density at radius 2 is 2.11 bits per heavy atom. The molecule has 2 aromatic rings. The fourth-order valence-corrected chi connectivity index (χ4v) is 2.22. The van der Waals surface area contributed by atoms with Gasteiger partial charge in [-0.2, -0.15) is 5.10 Å². The van der Waals surface area contributed by atoms with Gasteiger partial charge in [0.1, 0.15) is 10.6 Å². The largest absolute Gasteiger partial charge is 0.496 e. The monoisotopic (exact) mass is 286 g/mol. The molecule has 7 heteroatoms. The minimum atomic E-state index is -3.73. The van der Waals surface area contributed by atoms with Gasteiger partial charge in [-0.25, -0.2) is 8.42 Å². The number of hydrogen-bond donors (Lipinski definition) is 0. The van der Waals surface area contributed by atoms with Gasteiger partial charge in [-0.05, 0) is 6.07 Å². The van der Waals surface area contributed by atoms with E-state index in [1.54, 1.807) is 7.11 Å². The Hall–Kier alpha value is -1.53. The van der Waals surface area contributed by atoms with Gasteiger partial charge in [-0.15, -0.1) is 0 Å². The highest BCUT2D eigenvalue weighted by Gasteiger charge is 2.13. The molecule has 0 aliphatic heterocycles. The molecule has 0 N–H and O–H groups in total. The number of halogens is 1. The molecule has 0 saturated carbocycles. The zero-order valence-electron chi connectivity index (χ0n) is 9.58. The maximum atomic E-state index is 11.1. The number of rotatable bonds is 4. The Bertz CT molecular complexity index is 652. The third kappa shape index (κ3) is 2.83. The molecule has 0 aliphatic carbocycles. The normalized spacial score (nSPS) is 11.4. The number of hydrogen-bond acceptors (Lipinski definition) is 4. The molecule has 18 heavy (non-hydrogen) atoms. The average molecular weight is 287 g/mol. The summed E-state index contributed by atoms with van der Waals surface area (Å²) in [6.45, 7) is 0.413. The Labute approximate surface area is 109 Å². The van der Waals surface area contributed by atoms with Crippen LogP contribution in [0.15, 0.2) is 41.6 Å². The molecule has 0 aliphatic rings. The average Bonchev–Trinajstić information content (AvgIpc) is 2.78. The van der Waals surface area contributed by atoms with Gasteiger partial charge in [0.2, 0.25) is 0 Å². The zero-order valence-corrected chi connectivity index (χ0v) is 11.1. The Kier molecular flexibility index (Phi) is 3.58. The van der Waals surface area contributed by atoms with E-state index in [1.807, 2.05) is 24.3 Å². The Morgan fingerprint density at radius 3 is 2.72 bits per heavy atom. The van der Waals surface area contributed by atoms with Gasteiger partial charge in [-0.3, -0.25) is 4.68 Å². The first kappa shape index (κ1) is 12.9. The van der Waals surface area contributed by atoms with E-state index in [1.165, 1.54) is 17.1 Å². The summed E-state index contributed by atoms with van der Waals surface area (Å²) in [5.74, 6) is 0.725. The molecule has 5 nitrogen and oxygen atoms in total. The summed E-state index contributed by atoms with van der Waals surface area (Å²) in [5, 5.41) is 3.95. The molecule has 96 valence electrons. The van der Waals surface area contributed by atoms with E-state index in [4.69, 9.17) is 15.4 Å². The van der Waals surface area contributed by atoms with Gasteiger partial charge in [0.05, 0.1) is 19.9 Å². The lowest BCUT2D eigenvalue weighted by molar-refractivity contribution is 0.407. The van der Waals surface area contributed by atoms with E-state index in [0.717, 1.165) is 11.3 Å². The maximum absolute atomic E-state index is 11.1. The minimum Gasteiger partial charge on any atom is -0.496 e. The van der Waals surface area contributed by atoms with Gasteiger partial charge in [0.25, 0.3) is 9.05 Å². The van der Waals surface area contributed by atoms with Crippen molar-refractivity contribution in [2.45, 2.75) is 11.4 Å². The van der Waals surface area contributed by atoms with Crippen LogP contribution in [0.4, 0.5) is 0 Å².